The van der Waals surface area contributed by atoms with E-state index in [9.17, 15) is 4.79 Å². The van der Waals surface area contributed by atoms with E-state index in [-0.39, 0.29) is 12.2 Å². The lowest BCUT2D eigenvalue weighted by atomic mass is 10.0. The molecule has 26 heavy (non-hydrogen) atoms. The van der Waals surface area contributed by atoms with Crippen LogP contribution in [0, 0.1) is 20.8 Å². The van der Waals surface area contributed by atoms with Crippen LogP contribution in [0.25, 0.3) is 16.9 Å². The Kier molecular flexibility index (Phi) is 4.12. The first kappa shape index (κ1) is 16.6. The summed E-state index contributed by atoms with van der Waals surface area (Å²) in [5, 5.41) is 3.96. The van der Waals surface area contributed by atoms with Gasteiger partial charge in [0.15, 0.2) is 5.78 Å². The minimum Gasteiger partial charge on any atom is -0.303 e. The molecule has 0 fully saturated rings. The van der Waals surface area contributed by atoms with Crippen molar-refractivity contribution in [3.8, 4) is 11.3 Å². The van der Waals surface area contributed by atoms with E-state index >= 15 is 0 Å². The highest BCUT2D eigenvalue weighted by Gasteiger charge is 2.20. The van der Waals surface area contributed by atoms with Crippen molar-refractivity contribution in [1.82, 2.24) is 19.0 Å². The predicted octanol–water partition coefficient (Wildman–Crippen LogP) is 4.20. The SMILES string of the molecule is Cc1ccc(-c2nc3ccc(C)cn3c2CC(=O)c2snnc2C)cc1. The number of carbonyl (C=O) groups is 1. The second-order valence-corrected chi connectivity index (χ2v) is 7.25. The molecular weight excluding hydrogens is 344 g/mol. The van der Waals surface area contributed by atoms with Crippen molar-refractivity contribution < 1.29 is 4.79 Å². The van der Waals surface area contributed by atoms with Crippen molar-refractivity contribution >= 4 is 23.0 Å². The van der Waals surface area contributed by atoms with Crippen LogP contribution >= 0.6 is 11.5 Å². The van der Waals surface area contributed by atoms with Gasteiger partial charge in [-0.15, -0.1) is 5.10 Å². The van der Waals surface area contributed by atoms with Gasteiger partial charge in [0, 0.05) is 11.8 Å². The Morgan fingerprint density at radius 2 is 1.77 bits per heavy atom. The van der Waals surface area contributed by atoms with Crippen molar-refractivity contribution in [1.29, 1.82) is 0 Å². The standard InChI is InChI=1S/C20H18N4OS/c1-12-4-7-15(8-5-12)19-16(10-17(25)20-14(3)22-23-26-20)24-11-13(2)6-9-18(24)21-19/h4-9,11H,10H2,1-3H3. The molecule has 6 heteroatoms. The van der Waals surface area contributed by atoms with E-state index in [1.54, 1.807) is 0 Å². The number of hydrogen-bond acceptors (Lipinski definition) is 5. The van der Waals surface area contributed by atoms with Gasteiger partial charge in [0.1, 0.15) is 10.5 Å². The fourth-order valence-electron chi connectivity index (χ4n) is 3.03. The van der Waals surface area contributed by atoms with Crippen molar-refractivity contribution in [2.75, 3.05) is 0 Å². The van der Waals surface area contributed by atoms with E-state index in [4.69, 9.17) is 4.98 Å². The van der Waals surface area contributed by atoms with Gasteiger partial charge in [-0.25, -0.2) is 4.98 Å². The molecule has 5 nitrogen and oxygen atoms in total. The monoisotopic (exact) mass is 362 g/mol. The molecule has 3 heterocycles. The summed E-state index contributed by atoms with van der Waals surface area (Å²) in [6, 6.07) is 12.3. The topological polar surface area (TPSA) is 60.2 Å². The molecule has 0 aliphatic rings. The van der Waals surface area contributed by atoms with E-state index < -0.39 is 0 Å². The van der Waals surface area contributed by atoms with E-state index in [1.165, 1.54) is 5.56 Å². The Labute approximate surface area is 155 Å². The number of imidazole rings is 1. The number of carbonyl (C=O) groups excluding carboxylic acids is 1. The van der Waals surface area contributed by atoms with Crippen molar-refractivity contribution in [3.63, 3.8) is 0 Å². The van der Waals surface area contributed by atoms with Gasteiger partial charge >= 0.3 is 0 Å². The molecule has 0 atom stereocenters. The molecule has 0 amide bonds. The number of pyridine rings is 1. The highest BCUT2D eigenvalue weighted by atomic mass is 32.1. The molecule has 0 aliphatic heterocycles. The van der Waals surface area contributed by atoms with Crippen LogP contribution in [0.4, 0.5) is 0 Å². The maximum Gasteiger partial charge on any atom is 0.182 e. The van der Waals surface area contributed by atoms with Gasteiger partial charge < -0.3 is 4.40 Å². The largest absolute Gasteiger partial charge is 0.303 e. The van der Waals surface area contributed by atoms with Crippen LogP contribution in [0.1, 0.15) is 32.2 Å². The van der Waals surface area contributed by atoms with Crippen LogP contribution < -0.4 is 0 Å². The van der Waals surface area contributed by atoms with Crippen LogP contribution in [0.15, 0.2) is 42.6 Å². The van der Waals surface area contributed by atoms with Gasteiger partial charge in [-0.05, 0) is 43.9 Å². The molecule has 4 rings (SSSR count). The quantitative estimate of drug-likeness (QED) is 0.510. The number of hydrogen-bond donors (Lipinski definition) is 0. The number of ketones is 1. The second kappa shape index (κ2) is 6.46. The van der Waals surface area contributed by atoms with Crippen molar-refractivity contribution in [3.05, 3.63) is 70.0 Å². The lowest BCUT2D eigenvalue weighted by Gasteiger charge is -2.06. The molecule has 0 saturated heterocycles. The molecule has 1 aromatic carbocycles. The van der Waals surface area contributed by atoms with Gasteiger partial charge in [-0.1, -0.05) is 40.4 Å². The predicted molar refractivity (Wildman–Crippen MR) is 103 cm³/mol. The van der Waals surface area contributed by atoms with E-state index in [1.807, 2.05) is 36.6 Å². The van der Waals surface area contributed by atoms with Gasteiger partial charge in [0.25, 0.3) is 0 Å². The van der Waals surface area contributed by atoms with E-state index in [0.29, 0.717) is 10.6 Å². The molecule has 0 unspecified atom stereocenters. The molecule has 0 aliphatic carbocycles. The Morgan fingerprint density at radius 1 is 1.04 bits per heavy atom. The summed E-state index contributed by atoms with van der Waals surface area (Å²) >= 11 is 1.15. The van der Waals surface area contributed by atoms with Gasteiger partial charge in [0.2, 0.25) is 0 Å². The summed E-state index contributed by atoms with van der Waals surface area (Å²) in [7, 11) is 0. The van der Waals surface area contributed by atoms with Gasteiger partial charge in [0.05, 0.1) is 23.5 Å². The molecule has 0 N–H and O–H groups in total. The fraction of sp³-hybridized carbons (Fsp3) is 0.200. The van der Waals surface area contributed by atoms with Crippen LogP contribution in [-0.2, 0) is 6.42 Å². The summed E-state index contributed by atoms with van der Waals surface area (Å²) in [4.78, 5) is 18.3. The average Bonchev–Trinajstić information content (AvgIpc) is 3.20. The Bertz CT molecular complexity index is 1110. The summed E-state index contributed by atoms with van der Waals surface area (Å²) in [5.41, 5.74) is 6.59. The molecular formula is C20H18N4OS. The molecule has 0 saturated carbocycles. The average molecular weight is 362 g/mol. The zero-order valence-electron chi connectivity index (χ0n) is 14.9. The second-order valence-electron chi connectivity index (χ2n) is 6.50. The normalized spacial score (nSPS) is 11.2. The molecule has 0 bridgehead atoms. The summed E-state index contributed by atoms with van der Waals surface area (Å²) in [6.45, 7) is 5.91. The Balaban J connectivity index is 1.86. The first-order valence-electron chi connectivity index (χ1n) is 8.39. The lowest BCUT2D eigenvalue weighted by Crippen LogP contribution is -2.07. The summed E-state index contributed by atoms with van der Waals surface area (Å²) in [5.74, 6) is 0.0224. The number of Topliss-reactive ketones (excluding diaryl/α,β-unsaturated/α-hetero) is 1. The Hall–Kier alpha value is -2.86. The zero-order valence-corrected chi connectivity index (χ0v) is 15.7. The van der Waals surface area contributed by atoms with Crippen LogP contribution in [0.5, 0.6) is 0 Å². The maximum atomic E-state index is 12.8. The summed E-state index contributed by atoms with van der Waals surface area (Å²) < 4.78 is 5.91. The number of nitrogens with zero attached hydrogens (tertiary/aromatic N) is 4. The highest BCUT2D eigenvalue weighted by molar-refractivity contribution is 7.08. The molecule has 0 spiro atoms. The van der Waals surface area contributed by atoms with Gasteiger partial charge in [-0.2, -0.15) is 0 Å². The maximum absolute atomic E-state index is 12.8. The third-order valence-corrected chi connectivity index (χ3v) is 5.29. The minimum absolute atomic E-state index is 0.0224. The first-order valence-corrected chi connectivity index (χ1v) is 9.17. The minimum atomic E-state index is 0.0224. The summed E-state index contributed by atoms with van der Waals surface area (Å²) in [6.07, 6.45) is 2.29. The van der Waals surface area contributed by atoms with Gasteiger partial charge in [-0.3, -0.25) is 4.79 Å². The van der Waals surface area contributed by atoms with Crippen LogP contribution in [-0.4, -0.2) is 24.8 Å². The molecule has 130 valence electrons. The van der Waals surface area contributed by atoms with Crippen LogP contribution in [0.3, 0.4) is 0 Å². The third-order valence-electron chi connectivity index (χ3n) is 4.42. The highest BCUT2D eigenvalue weighted by Crippen LogP contribution is 2.27. The van der Waals surface area contributed by atoms with Crippen LogP contribution in [0.2, 0.25) is 0 Å². The molecule has 0 radical (unpaired) electrons. The third kappa shape index (κ3) is 2.93. The zero-order chi connectivity index (χ0) is 18.3. The number of aromatic nitrogens is 4. The number of fused-ring (bicyclic) bond motifs is 1. The molecule has 4 aromatic rings. The smallest absolute Gasteiger partial charge is 0.182 e. The van der Waals surface area contributed by atoms with Crippen molar-refractivity contribution in [2.24, 2.45) is 0 Å². The fourth-order valence-corrected chi connectivity index (χ4v) is 3.62. The van der Waals surface area contributed by atoms with E-state index in [0.717, 1.165) is 39.7 Å². The number of benzene rings is 1. The van der Waals surface area contributed by atoms with Crippen molar-refractivity contribution in [2.45, 2.75) is 27.2 Å². The lowest BCUT2D eigenvalue weighted by molar-refractivity contribution is 0.0995. The molecule has 3 aromatic heterocycles. The Morgan fingerprint density at radius 3 is 2.46 bits per heavy atom. The first-order chi connectivity index (χ1) is 12.5. The van der Waals surface area contributed by atoms with E-state index in [2.05, 4.69) is 40.8 Å². The number of rotatable bonds is 4. The number of aryl methyl sites for hydroxylation is 3.